The lowest BCUT2D eigenvalue weighted by Crippen LogP contribution is -2.41. The molecule has 0 aliphatic carbocycles. The molecule has 1 heterocycles. The van der Waals surface area contributed by atoms with Gasteiger partial charge in [0.25, 0.3) is 5.91 Å². The highest BCUT2D eigenvalue weighted by Gasteiger charge is 2.25. The molecule has 1 unspecified atom stereocenters. The Hall–Kier alpha value is -1.55. The van der Waals surface area contributed by atoms with Crippen LogP contribution in [0.5, 0.6) is 5.75 Å². The highest BCUT2D eigenvalue weighted by Crippen LogP contribution is 2.22. The number of hydrogen-bond donors (Lipinski definition) is 0. The maximum absolute atomic E-state index is 12.6. The van der Waals surface area contributed by atoms with Gasteiger partial charge >= 0.3 is 0 Å². The summed E-state index contributed by atoms with van der Waals surface area (Å²) in [7, 11) is 3.35. The van der Waals surface area contributed by atoms with Crippen LogP contribution in [0.25, 0.3) is 0 Å². The molecule has 1 aromatic carbocycles. The second-order valence-corrected chi connectivity index (χ2v) is 5.40. The van der Waals surface area contributed by atoms with Crippen LogP contribution in [0.2, 0.25) is 0 Å². The summed E-state index contributed by atoms with van der Waals surface area (Å²) < 4.78 is 10.4. The van der Waals surface area contributed by atoms with Crippen LogP contribution in [0.15, 0.2) is 18.2 Å². The van der Waals surface area contributed by atoms with Crippen molar-refractivity contribution in [1.29, 1.82) is 0 Å². The normalized spacial score (nSPS) is 18.9. The van der Waals surface area contributed by atoms with Gasteiger partial charge in [-0.2, -0.15) is 0 Å². The molecular weight excluding hydrogens is 254 g/mol. The Balaban J connectivity index is 2.10. The van der Waals surface area contributed by atoms with Gasteiger partial charge in [-0.15, -0.1) is 0 Å². The molecular formula is C16H23NO3. The third-order valence-corrected chi connectivity index (χ3v) is 3.87. The van der Waals surface area contributed by atoms with Crippen molar-refractivity contribution in [3.05, 3.63) is 29.3 Å². The number of nitrogens with zero attached hydrogens (tertiary/aromatic N) is 1. The summed E-state index contributed by atoms with van der Waals surface area (Å²) in [5.41, 5.74) is 1.73. The first-order chi connectivity index (χ1) is 9.65. The number of carbonyl (C=O) groups excluding carboxylic acids is 1. The van der Waals surface area contributed by atoms with Crippen LogP contribution < -0.4 is 4.74 Å². The molecule has 1 aliphatic rings. The smallest absolute Gasteiger partial charge is 0.254 e. The van der Waals surface area contributed by atoms with E-state index in [4.69, 9.17) is 9.47 Å². The zero-order valence-corrected chi connectivity index (χ0v) is 12.5. The molecule has 1 aromatic rings. The second-order valence-electron chi connectivity index (χ2n) is 5.40. The van der Waals surface area contributed by atoms with Crippen LogP contribution in [-0.2, 0) is 4.74 Å². The number of methoxy groups -OCH3 is 2. The second kappa shape index (κ2) is 6.75. The van der Waals surface area contributed by atoms with E-state index in [1.807, 2.05) is 30.0 Å². The van der Waals surface area contributed by atoms with E-state index in [0.717, 1.165) is 49.4 Å². The van der Waals surface area contributed by atoms with Gasteiger partial charge in [-0.1, -0.05) is 0 Å². The van der Waals surface area contributed by atoms with Crippen molar-refractivity contribution in [3.8, 4) is 5.75 Å². The first kappa shape index (κ1) is 14.9. The standard InChI is InChI=1S/C16H23NO3/c1-12-9-14(20-3)6-7-15(12)16(18)17-8-4-5-13(10-17)11-19-2/h6-7,9,13H,4-5,8,10-11H2,1-3H3. The van der Waals surface area contributed by atoms with Crippen molar-refractivity contribution < 1.29 is 14.3 Å². The molecule has 0 bridgehead atoms. The van der Waals surface area contributed by atoms with Crippen molar-refractivity contribution in [2.75, 3.05) is 33.9 Å². The molecule has 1 atom stereocenters. The van der Waals surface area contributed by atoms with Crippen LogP contribution >= 0.6 is 0 Å². The first-order valence-electron chi connectivity index (χ1n) is 7.08. The summed E-state index contributed by atoms with van der Waals surface area (Å²) in [5.74, 6) is 1.36. The van der Waals surface area contributed by atoms with Crippen molar-refractivity contribution in [1.82, 2.24) is 4.90 Å². The van der Waals surface area contributed by atoms with Gasteiger partial charge in [0.2, 0.25) is 0 Å². The average molecular weight is 277 g/mol. The van der Waals surface area contributed by atoms with E-state index in [0.29, 0.717) is 5.92 Å². The summed E-state index contributed by atoms with van der Waals surface area (Å²) in [5, 5.41) is 0. The Morgan fingerprint density at radius 1 is 1.40 bits per heavy atom. The maximum Gasteiger partial charge on any atom is 0.254 e. The third-order valence-electron chi connectivity index (χ3n) is 3.87. The number of likely N-dealkylation sites (tertiary alicyclic amines) is 1. The van der Waals surface area contributed by atoms with E-state index in [9.17, 15) is 4.79 Å². The molecule has 1 amide bonds. The van der Waals surface area contributed by atoms with Crippen LogP contribution in [-0.4, -0.2) is 44.7 Å². The van der Waals surface area contributed by atoms with E-state index in [1.165, 1.54) is 0 Å². The van der Waals surface area contributed by atoms with Gasteiger partial charge in [0.1, 0.15) is 5.75 Å². The number of carbonyl (C=O) groups is 1. The van der Waals surface area contributed by atoms with E-state index >= 15 is 0 Å². The summed E-state index contributed by atoms with van der Waals surface area (Å²) in [6.45, 7) is 4.31. The zero-order valence-electron chi connectivity index (χ0n) is 12.5. The maximum atomic E-state index is 12.6. The van der Waals surface area contributed by atoms with E-state index < -0.39 is 0 Å². The monoisotopic (exact) mass is 277 g/mol. The Morgan fingerprint density at radius 3 is 2.85 bits per heavy atom. The van der Waals surface area contributed by atoms with Crippen molar-refractivity contribution in [3.63, 3.8) is 0 Å². The first-order valence-corrected chi connectivity index (χ1v) is 7.08. The minimum atomic E-state index is 0.117. The highest BCUT2D eigenvalue weighted by atomic mass is 16.5. The van der Waals surface area contributed by atoms with Gasteiger partial charge in [-0.25, -0.2) is 0 Å². The number of rotatable bonds is 4. The number of aryl methyl sites for hydroxylation is 1. The predicted octanol–water partition coefficient (Wildman–Crippen LogP) is 2.50. The summed E-state index contributed by atoms with van der Waals surface area (Å²) in [6, 6.07) is 5.61. The number of amides is 1. The summed E-state index contributed by atoms with van der Waals surface area (Å²) >= 11 is 0. The lowest BCUT2D eigenvalue weighted by atomic mass is 9.97. The molecule has 4 heteroatoms. The molecule has 0 aromatic heterocycles. The largest absolute Gasteiger partial charge is 0.497 e. The fourth-order valence-electron chi connectivity index (χ4n) is 2.79. The molecule has 2 rings (SSSR count). The molecule has 0 N–H and O–H groups in total. The zero-order chi connectivity index (χ0) is 14.5. The highest BCUT2D eigenvalue weighted by molar-refractivity contribution is 5.95. The summed E-state index contributed by atoms with van der Waals surface area (Å²) in [6.07, 6.45) is 2.19. The Bertz CT molecular complexity index is 471. The van der Waals surface area contributed by atoms with Gasteiger partial charge < -0.3 is 14.4 Å². The summed E-state index contributed by atoms with van der Waals surface area (Å²) in [4.78, 5) is 14.6. The molecule has 110 valence electrons. The minimum absolute atomic E-state index is 0.117. The number of hydrogen-bond acceptors (Lipinski definition) is 3. The van der Waals surface area contributed by atoms with Gasteiger partial charge in [-0.3, -0.25) is 4.79 Å². The number of piperidine rings is 1. The Kier molecular flexibility index (Phi) is 5.01. The van der Waals surface area contributed by atoms with Gasteiger partial charge in [0.15, 0.2) is 0 Å². The molecule has 20 heavy (non-hydrogen) atoms. The van der Waals surface area contributed by atoms with Gasteiger partial charge in [0.05, 0.1) is 13.7 Å². The lowest BCUT2D eigenvalue weighted by Gasteiger charge is -2.32. The van der Waals surface area contributed by atoms with E-state index in [1.54, 1.807) is 14.2 Å². The van der Waals surface area contributed by atoms with Crippen LogP contribution in [0.1, 0.15) is 28.8 Å². The van der Waals surface area contributed by atoms with Crippen LogP contribution in [0, 0.1) is 12.8 Å². The van der Waals surface area contributed by atoms with E-state index in [2.05, 4.69) is 0 Å². The van der Waals surface area contributed by atoms with Crippen LogP contribution in [0.3, 0.4) is 0 Å². The molecule has 0 radical (unpaired) electrons. The van der Waals surface area contributed by atoms with Crippen molar-refractivity contribution >= 4 is 5.91 Å². The number of ether oxygens (including phenoxy) is 2. The van der Waals surface area contributed by atoms with Crippen molar-refractivity contribution in [2.24, 2.45) is 5.92 Å². The van der Waals surface area contributed by atoms with Gasteiger partial charge in [-0.05, 0) is 49.4 Å². The van der Waals surface area contributed by atoms with Crippen LogP contribution in [0.4, 0.5) is 0 Å². The van der Waals surface area contributed by atoms with Crippen molar-refractivity contribution in [2.45, 2.75) is 19.8 Å². The molecule has 1 fully saturated rings. The average Bonchev–Trinajstić information content (AvgIpc) is 2.47. The van der Waals surface area contributed by atoms with E-state index in [-0.39, 0.29) is 5.91 Å². The Labute approximate surface area is 120 Å². The SMILES string of the molecule is COCC1CCCN(C(=O)c2ccc(OC)cc2C)C1. The van der Waals surface area contributed by atoms with Gasteiger partial charge in [0, 0.05) is 25.8 Å². The molecule has 1 saturated heterocycles. The quantitative estimate of drug-likeness (QED) is 0.849. The fourth-order valence-corrected chi connectivity index (χ4v) is 2.79. The fraction of sp³-hybridized carbons (Fsp3) is 0.562. The predicted molar refractivity (Wildman–Crippen MR) is 78.2 cm³/mol. The number of benzene rings is 1. The topological polar surface area (TPSA) is 38.8 Å². The molecule has 0 spiro atoms. The molecule has 0 saturated carbocycles. The molecule has 4 nitrogen and oxygen atoms in total. The lowest BCUT2D eigenvalue weighted by molar-refractivity contribution is 0.0570. The third kappa shape index (κ3) is 3.31. The Morgan fingerprint density at radius 2 is 2.20 bits per heavy atom. The minimum Gasteiger partial charge on any atom is -0.497 e. The molecule has 1 aliphatic heterocycles.